The van der Waals surface area contributed by atoms with E-state index in [2.05, 4.69) is 25.4 Å². The van der Waals surface area contributed by atoms with Gasteiger partial charge in [0.05, 0.1) is 0 Å². The van der Waals surface area contributed by atoms with Crippen molar-refractivity contribution in [1.82, 2.24) is 5.32 Å². The van der Waals surface area contributed by atoms with E-state index in [1.165, 1.54) is 0 Å². The second-order valence-corrected chi connectivity index (χ2v) is 3.07. The maximum Gasteiger partial charge on any atom is 0.0130 e. The van der Waals surface area contributed by atoms with Crippen molar-refractivity contribution in [3.05, 3.63) is 25.3 Å². The van der Waals surface area contributed by atoms with Gasteiger partial charge in [0.25, 0.3) is 0 Å². The summed E-state index contributed by atoms with van der Waals surface area (Å²) in [5.41, 5.74) is 0. The molecular formula is C11H21N. The lowest BCUT2D eigenvalue weighted by molar-refractivity contribution is 0.405. The van der Waals surface area contributed by atoms with Gasteiger partial charge in [-0.1, -0.05) is 19.1 Å². The molecule has 1 N–H and O–H groups in total. The molecule has 0 spiro atoms. The Bertz CT molecular complexity index is 129. The molecule has 0 amide bonds. The summed E-state index contributed by atoms with van der Waals surface area (Å²) >= 11 is 0. The Morgan fingerprint density at radius 1 is 1.42 bits per heavy atom. The van der Waals surface area contributed by atoms with Crippen LogP contribution < -0.4 is 5.32 Å². The zero-order valence-corrected chi connectivity index (χ0v) is 8.34. The van der Waals surface area contributed by atoms with E-state index < -0.39 is 0 Å². The van der Waals surface area contributed by atoms with Gasteiger partial charge in [-0.15, -0.1) is 13.2 Å². The van der Waals surface area contributed by atoms with E-state index in [-0.39, 0.29) is 0 Å². The van der Waals surface area contributed by atoms with E-state index in [1.807, 2.05) is 19.2 Å². The molecule has 2 unspecified atom stereocenters. The summed E-state index contributed by atoms with van der Waals surface area (Å²) in [6.45, 7) is 9.77. The molecule has 0 rings (SSSR count). The molecule has 0 aliphatic carbocycles. The number of rotatable bonds is 7. The van der Waals surface area contributed by atoms with Crippen LogP contribution >= 0.6 is 0 Å². The van der Waals surface area contributed by atoms with E-state index >= 15 is 0 Å². The Hall–Kier alpha value is -0.560. The standard InChI is InChI=1S/C11H21N/c1-5-8-9-11(12-4)10(6-2)7-3/h5-6,10-12H,1-2,7-9H2,3-4H3. The van der Waals surface area contributed by atoms with Gasteiger partial charge in [0.2, 0.25) is 0 Å². The highest BCUT2D eigenvalue weighted by Crippen LogP contribution is 2.14. The van der Waals surface area contributed by atoms with Gasteiger partial charge in [-0.05, 0) is 32.2 Å². The van der Waals surface area contributed by atoms with E-state index in [0.717, 1.165) is 19.3 Å². The Kier molecular flexibility index (Phi) is 6.78. The van der Waals surface area contributed by atoms with Crippen LogP contribution in [0.15, 0.2) is 25.3 Å². The molecule has 0 saturated heterocycles. The normalized spacial score (nSPS) is 15.2. The molecule has 2 atom stereocenters. The molecule has 0 bridgehead atoms. The molecule has 0 radical (unpaired) electrons. The Labute approximate surface area is 76.6 Å². The summed E-state index contributed by atoms with van der Waals surface area (Å²) in [5.74, 6) is 0.593. The first-order chi connectivity index (χ1) is 5.79. The maximum atomic E-state index is 3.84. The van der Waals surface area contributed by atoms with Gasteiger partial charge in [0, 0.05) is 6.04 Å². The number of allylic oxidation sites excluding steroid dienone is 1. The maximum absolute atomic E-state index is 3.84. The van der Waals surface area contributed by atoms with Crippen LogP contribution in [0.2, 0.25) is 0 Å². The van der Waals surface area contributed by atoms with Crippen LogP contribution in [0.4, 0.5) is 0 Å². The molecule has 0 aromatic carbocycles. The fraction of sp³-hybridized carbons (Fsp3) is 0.636. The van der Waals surface area contributed by atoms with E-state index in [1.54, 1.807) is 0 Å². The minimum atomic E-state index is 0.561. The van der Waals surface area contributed by atoms with Crippen molar-refractivity contribution in [2.75, 3.05) is 7.05 Å². The molecule has 12 heavy (non-hydrogen) atoms. The monoisotopic (exact) mass is 167 g/mol. The Morgan fingerprint density at radius 3 is 2.42 bits per heavy atom. The van der Waals surface area contributed by atoms with Gasteiger partial charge in [-0.3, -0.25) is 0 Å². The molecule has 0 heterocycles. The van der Waals surface area contributed by atoms with E-state index in [0.29, 0.717) is 12.0 Å². The van der Waals surface area contributed by atoms with Gasteiger partial charge in [-0.25, -0.2) is 0 Å². The third-order valence-electron chi connectivity index (χ3n) is 2.34. The number of nitrogens with one attached hydrogen (secondary N) is 1. The third kappa shape index (κ3) is 3.72. The number of hydrogen-bond acceptors (Lipinski definition) is 1. The summed E-state index contributed by atoms with van der Waals surface area (Å²) in [7, 11) is 2.01. The van der Waals surface area contributed by atoms with Crippen molar-refractivity contribution < 1.29 is 0 Å². The molecular weight excluding hydrogens is 146 g/mol. The minimum Gasteiger partial charge on any atom is -0.316 e. The van der Waals surface area contributed by atoms with Crippen molar-refractivity contribution in [3.63, 3.8) is 0 Å². The van der Waals surface area contributed by atoms with Crippen LogP contribution in [-0.2, 0) is 0 Å². The molecule has 0 aliphatic heterocycles. The lowest BCUT2D eigenvalue weighted by atomic mass is 9.93. The lowest BCUT2D eigenvalue weighted by Gasteiger charge is -2.22. The lowest BCUT2D eigenvalue weighted by Crippen LogP contribution is -2.32. The van der Waals surface area contributed by atoms with Gasteiger partial charge < -0.3 is 5.32 Å². The highest BCUT2D eigenvalue weighted by atomic mass is 14.9. The molecule has 1 heteroatoms. The van der Waals surface area contributed by atoms with Crippen molar-refractivity contribution in [2.45, 2.75) is 32.2 Å². The van der Waals surface area contributed by atoms with Crippen LogP contribution in [0.25, 0.3) is 0 Å². The van der Waals surface area contributed by atoms with Crippen LogP contribution in [0.5, 0.6) is 0 Å². The zero-order chi connectivity index (χ0) is 9.40. The molecule has 0 saturated carbocycles. The summed E-state index contributed by atoms with van der Waals surface area (Å²) in [5, 5.41) is 3.32. The smallest absolute Gasteiger partial charge is 0.0130 e. The third-order valence-corrected chi connectivity index (χ3v) is 2.34. The largest absolute Gasteiger partial charge is 0.316 e. The van der Waals surface area contributed by atoms with Crippen molar-refractivity contribution >= 4 is 0 Å². The second-order valence-electron chi connectivity index (χ2n) is 3.07. The predicted octanol–water partition coefficient (Wildman–Crippen LogP) is 2.75. The Morgan fingerprint density at radius 2 is 2.08 bits per heavy atom. The molecule has 0 aliphatic rings. The fourth-order valence-corrected chi connectivity index (χ4v) is 1.49. The predicted molar refractivity (Wildman–Crippen MR) is 56.3 cm³/mol. The first-order valence-corrected chi connectivity index (χ1v) is 4.70. The SMILES string of the molecule is C=CCCC(NC)C(C=C)CC. The van der Waals surface area contributed by atoms with Crippen molar-refractivity contribution in [2.24, 2.45) is 5.92 Å². The summed E-state index contributed by atoms with van der Waals surface area (Å²) < 4.78 is 0. The second kappa shape index (κ2) is 7.11. The van der Waals surface area contributed by atoms with E-state index in [4.69, 9.17) is 0 Å². The average Bonchev–Trinajstić information content (AvgIpc) is 2.12. The first kappa shape index (κ1) is 11.4. The molecule has 70 valence electrons. The van der Waals surface area contributed by atoms with Gasteiger partial charge in [-0.2, -0.15) is 0 Å². The molecule has 0 fully saturated rings. The Balaban J connectivity index is 3.91. The summed E-state index contributed by atoms with van der Waals surface area (Å²) in [6.07, 6.45) is 7.41. The number of hydrogen-bond donors (Lipinski definition) is 1. The van der Waals surface area contributed by atoms with Gasteiger partial charge >= 0.3 is 0 Å². The fourth-order valence-electron chi connectivity index (χ4n) is 1.49. The summed E-state index contributed by atoms with van der Waals surface area (Å²) in [4.78, 5) is 0. The first-order valence-electron chi connectivity index (χ1n) is 4.70. The quantitative estimate of drug-likeness (QED) is 0.575. The molecule has 1 nitrogen and oxygen atoms in total. The van der Waals surface area contributed by atoms with Gasteiger partial charge in [0.15, 0.2) is 0 Å². The highest BCUT2D eigenvalue weighted by Gasteiger charge is 2.13. The van der Waals surface area contributed by atoms with Crippen molar-refractivity contribution in [3.8, 4) is 0 Å². The van der Waals surface area contributed by atoms with Crippen LogP contribution in [-0.4, -0.2) is 13.1 Å². The van der Waals surface area contributed by atoms with Crippen molar-refractivity contribution in [1.29, 1.82) is 0 Å². The minimum absolute atomic E-state index is 0.561. The van der Waals surface area contributed by atoms with Crippen LogP contribution in [0, 0.1) is 5.92 Å². The van der Waals surface area contributed by atoms with Crippen LogP contribution in [0.3, 0.4) is 0 Å². The zero-order valence-electron chi connectivity index (χ0n) is 8.34. The van der Waals surface area contributed by atoms with E-state index in [9.17, 15) is 0 Å². The topological polar surface area (TPSA) is 12.0 Å². The average molecular weight is 167 g/mol. The molecule has 0 aromatic rings. The van der Waals surface area contributed by atoms with Crippen LogP contribution in [0.1, 0.15) is 26.2 Å². The highest BCUT2D eigenvalue weighted by molar-refractivity contribution is 4.88. The van der Waals surface area contributed by atoms with Gasteiger partial charge in [0.1, 0.15) is 0 Å². The molecule has 0 aromatic heterocycles. The summed E-state index contributed by atoms with van der Waals surface area (Å²) in [6, 6.07) is 0.561.